The second-order valence-corrected chi connectivity index (χ2v) is 4.54. The van der Waals surface area contributed by atoms with Gasteiger partial charge in [0.15, 0.2) is 0 Å². The fraction of sp³-hybridized carbons (Fsp3) is 0.333. The van der Waals surface area contributed by atoms with Crippen molar-refractivity contribution < 1.29 is 9.53 Å². The molecule has 0 aliphatic rings. The first-order valence-electron chi connectivity index (χ1n) is 5.46. The molecule has 2 aromatic rings. The first-order chi connectivity index (χ1) is 8.20. The van der Waals surface area contributed by atoms with Crippen LogP contribution in [0.1, 0.15) is 13.3 Å². The number of benzene rings is 1. The van der Waals surface area contributed by atoms with Crippen LogP contribution < -0.4 is 0 Å². The lowest BCUT2D eigenvalue weighted by Crippen LogP contribution is -2.08. The van der Waals surface area contributed by atoms with Crippen LogP contribution in [0.3, 0.4) is 0 Å². The molecule has 2 rings (SSSR count). The maximum atomic E-state index is 11.3. The Hall–Kier alpha value is -1.36. The van der Waals surface area contributed by atoms with Crippen LogP contribution in [0.15, 0.2) is 29.0 Å². The van der Waals surface area contributed by atoms with Crippen molar-refractivity contribution in [1.82, 2.24) is 9.55 Å². The van der Waals surface area contributed by atoms with Gasteiger partial charge in [-0.3, -0.25) is 4.79 Å². The number of hydrogen-bond donors (Lipinski definition) is 0. The molecule has 4 nitrogen and oxygen atoms in total. The van der Waals surface area contributed by atoms with Crippen LogP contribution in [0.25, 0.3) is 11.0 Å². The number of aromatic nitrogens is 2. The third-order valence-corrected chi connectivity index (χ3v) is 2.94. The lowest BCUT2D eigenvalue weighted by Gasteiger charge is -2.04. The number of carbonyl (C=O) groups is 1. The molecule has 1 heterocycles. The summed E-state index contributed by atoms with van der Waals surface area (Å²) in [6.07, 6.45) is 2.11. The molecule has 0 unspecified atom stereocenters. The molecule has 0 fully saturated rings. The van der Waals surface area contributed by atoms with E-state index in [9.17, 15) is 4.79 Å². The second kappa shape index (κ2) is 5.31. The van der Waals surface area contributed by atoms with Crippen molar-refractivity contribution in [2.45, 2.75) is 19.9 Å². The quantitative estimate of drug-likeness (QED) is 0.815. The Kier molecular flexibility index (Phi) is 3.78. The van der Waals surface area contributed by atoms with Crippen LogP contribution in [0, 0.1) is 0 Å². The van der Waals surface area contributed by atoms with Crippen LogP contribution in [-0.4, -0.2) is 22.1 Å². The standard InChI is InChI=1S/C12H13BrN2O2/c1-2-17-12(16)5-6-15-8-14-10-4-3-9(13)7-11(10)15/h3-4,7-8H,2,5-6H2,1H3. The molecule has 0 saturated carbocycles. The molecule has 5 heteroatoms. The summed E-state index contributed by atoms with van der Waals surface area (Å²) < 4.78 is 7.85. The summed E-state index contributed by atoms with van der Waals surface area (Å²) >= 11 is 3.42. The van der Waals surface area contributed by atoms with Crippen molar-refractivity contribution in [3.8, 4) is 0 Å². The van der Waals surface area contributed by atoms with E-state index < -0.39 is 0 Å². The van der Waals surface area contributed by atoms with E-state index in [2.05, 4.69) is 20.9 Å². The number of rotatable bonds is 4. The molecule has 0 bridgehead atoms. The summed E-state index contributed by atoms with van der Waals surface area (Å²) in [7, 11) is 0. The van der Waals surface area contributed by atoms with Crippen molar-refractivity contribution >= 4 is 32.9 Å². The lowest BCUT2D eigenvalue weighted by atomic mass is 10.3. The molecular formula is C12H13BrN2O2. The number of ether oxygens (including phenoxy) is 1. The van der Waals surface area contributed by atoms with Crippen LogP contribution in [0.4, 0.5) is 0 Å². The van der Waals surface area contributed by atoms with Gasteiger partial charge >= 0.3 is 5.97 Å². The summed E-state index contributed by atoms with van der Waals surface area (Å²) in [6, 6.07) is 5.89. The molecule has 90 valence electrons. The number of fused-ring (bicyclic) bond motifs is 1. The Labute approximate surface area is 108 Å². The zero-order valence-electron chi connectivity index (χ0n) is 9.52. The molecule has 0 atom stereocenters. The van der Waals surface area contributed by atoms with Gasteiger partial charge < -0.3 is 9.30 Å². The first kappa shape index (κ1) is 12.1. The Morgan fingerprint density at radius 1 is 1.53 bits per heavy atom. The van der Waals surface area contributed by atoms with Crippen molar-refractivity contribution in [1.29, 1.82) is 0 Å². The summed E-state index contributed by atoms with van der Waals surface area (Å²) in [5.74, 6) is -0.177. The zero-order chi connectivity index (χ0) is 12.3. The molecule has 1 aromatic carbocycles. The Bertz CT molecular complexity index is 536. The smallest absolute Gasteiger partial charge is 0.307 e. The maximum absolute atomic E-state index is 11.3. The van der Waals surface area contributed by atoms with Crippen molar-refractivity contribution in [3.05, 3.63) is 29.0 Å². The van der Waals surface area contributed by atoms with Crippen LogP contribution in [0.2, 0.25) is 0 Å². The molecule has 0 aliphatic heterocycles. The monoisotopic (exact) mass is 296 g/mol. The third kappa shape index (κ3) is 2.85. The average molecular weight is 297 g/mol. The highest BCUT2D eigenvalue weighted by Crippen LogP contribution is 2.19. The maximum Gasteiger partial charge on any atom is 0.307 e. The molecule has 0 radical (unpaired) electrons. The van der Waals surface area contributed by atoms with E-state index in [4.69, 9.17) is 4.74 Å². The van der Waals surface area contributed by atoms with Crippen molar-refractivity contribution in [2.24, 2.45) is 0 Å². The van der Waals surface area contributed by atoms with Gasteiger partial charge in [-0.15, -0.1) is 0 Å². The van der Waals surface area contributed by atoms with Gasteiger partial charge in [-0.1, -0.05) is 15.9 Å². The topological polar surface area (TPSA) is 44.1 Å². The van der Waals surface area contributed by atoms with Gasteiger partial charge in [0.2, 0.25) is 0 Å². The van der Waals surface area contributed by atoms with Gasteiger partial charge in [-0.05, 0) is 25.1 Å². The minimum absolute atomic E-state index is 0.177. The van der Waals surface area contributed by atoms with Gasteiger partial charge in [-0.2, -0.15) is 0 Å². The SMILES string of the molecule is CCOC(=O)CCn1cnc2ccc(Br)cc21. The predicted octanol–water partition coefficient (Wildman–Crippen LogP) is 2.75. The molecule has 0 amide bonds. The Morgan fingerprint density at radius 2 is 2.35 bits per heavy atom. The first-order valence-corrected chi connectivity index (χ1v) is 6.26. The molecule has 0 aliphatic carbocycles. The summed E-state index contributed by atoms with van der Waals surface area (Å²) in [4.78, 5) is 15.5. The van der Waals surface area contributed by atoms with E-state index in [-0.39, 0.29) is 5.97 Å². The second-order valence-electron chi connectivity index (χ2n) is 3.63. The van der Waals surface area contributed by atoms with Crippen molar-refractivity contribution in [2.75, 3.05) is 6.61 Å². The van der Waals surface area contributed by atoms with Crippen LogP contribution >= 0.6 is 15.9 Å². The van der Waals surface area contributed by atoms with Crippen LogP contribution in [0.5, 0.6) is 0 Å². The van der Waals surface area contributed by atoms with Gasteiger partial charge in [0.05, 0.1) is 30.4 Å². The van der Waals surface area contributed by atoms with E-state index in [1.54, 1.807) is 6.33 Å². The Morgan fingerprint density at radius 3 is 3.12 bits per heavy atom. The minimum Gasteiger partial charge on any atom is -0.466 e. The van der Waals surface area contributed by atoms with E-state index >= 15 is 0 Å². The predicted molar refractivity (Wildman–Crippen MR) is 68.7 cm³/mol. The number of aryl methyl sites for hydroxylation is 1. The molecule has 17 heavy (non-hydrogen) atoms. The number of carbonyl (C=O) groups excluding carboxylic acids is 1. The van der Waals surface area contributed by atoms with E-state index in [0.29, 0.717) is 19.6 Å². The molecule has 0 N–H and O–H groups in total. The average Bonchev–Trinajstić information content (AvgIpc) is 2.69. The molecule has 0 spiro atoms. The largest absolute Gasteiger partial charge is 0.466 e. The fourth-order valence-electron chi connectivity index (χ4n) is 1.65. The number of imidazole rings is 1. The van der Waals surface area contributed by atoms with Crippen LogP contribution in [-0.2, 0) is 16.1 Å². The number of halogens is 1. The van der Waals surface area contributed by atoms with Gasteiger partial charge in [0, 0.05) is 11.0 Å². The molecular weight excluding hydrogens is 284 g/mol. The molecule has 1 aromatic heterocycles. The number of esters is 1. The highest BCUT2D eigenvalue weighted by atomic mass is 79.9. The lowest BCUT2D eigenvalue weighted by molar-refractivity contribution is -0.143. The van der Waals surface area contributed by atoms with E-state index in [1.165, 1.54) is 0 Å². The minimum atomic E-state index is -0.177. The van der Waals surface area contributed by atoms with Gasteiger partial charge in [-0.25, -0.2) is 4.98 Å². The summed E-state index contributed by atoms with van der Waals surface area (Å²) in [5.41, 5.74) is 1.95. The van der Waals surface area contributed by atoms with Crippen molar-refractivity contribution in [3.63, 3.8) is 0 Å². The highest BCUT2D eigenvalue weighted by molar-refractivity contribution is 9.10. The third-order valence-electron chi connectivity index (χ3n) is 2.45. The summed E-state index contributed by atoms with van der Waals surface area (Å²) in [5, 5.41) is 0. The Balaban J connectivity index is 2.13. The summed E-state index contributed by atoms with van der Waals surface area (Å²) in [6.45, 7) is 2.82. The van der Waals surface area contributed by atoms with E-state index in [1.807, 2.05) is 29.7 Å². The normalized spacial score (nSPS) is 10.7. The number of hydrogen-bond acceptors (Lipinski definition) is 3. The van der Waals surface area contributed by atoms with Gasteiger partial charge in [0.1, 0.15) is 0 Å². The zero-order valence-corrected chi connectivity index (χ0v) is 11.1. The number of nitrogens with zero attached hydrogens (tertiary/aromatic N) is 2. The van der Waals surface area contributed by atoms with Gasteiger partial charge in [0.25, 0.3) is 0 Å². The van der Waals surface area contributed by atoms with E-state index in [0.717, 1.165) is 15.5 Å². The highest BCUT2D eigenvalue weighted by Gasteiger charge is 2.06. The fourth-order valence-corrected chi connectivity index (χ4v) is 2.00. The molecule has 0 saturated heterocycles.